The molecular weight excluding hydrogens is 431 g/mol. The second-order valence-corrected chi connectivity index (χ2v) is 11.5. The Morgan fingerprint density at radius 2 is 1.73 bits per heavy atom. The summed E-state index contributed by atoms with van der Waals surface area (Å²) in [5.41, 5.74) is 1.52. The van der Waals surface area contributed by atoms with Crippen molar-refractivity contribution in [1.82, 2.24) is 0 Å². The Labute approximate surface area is 172 Å². The van der Waals surface area contributed by atoms with E-state index in [-0.39, 0.29) is 5.60 Å². The molecule has 4 bridgehead atoms. The standard InChI is InChI=1S/C24H33IO/c1-4-21(25)15-7-9-19(10-8-15)26-24(14(2)3)13-18-12-20(24)23-17-6-5-16(11-17)22(18)23/h7-10,14,16-18,20-23H,4-6,11-13H2,1-3H3. The fourth-order valence-electron chi connectivity index (χ4n) is 7.72. The molecule has 0 amide bonds. The molecule has 0 aliphatic heterocycles. The predicted molar refractivity (Wildman–Crippen MR) is 116 cm³/mol. The van der Waals surface area contributed by atoms with E-state index in [0.717, 1.165) is 41.3 Å². The molecule has 0 radical (unpaired) electrons. The van der Waals surface area contributed by atoms with Gasteiger partial charge >= 0.3 is 0 Å². The van der Waals surface area contributed by atoms with Crippen molar-refractivity contribution in [2.75, 3.05) is 0 Å². The van der Waals surface area contributed by atoms with Gasteiger partial charge in [0.1, 0.15) is 11.4 Å². The average molecular weight is 464 g/mol. The number of alkyl halides is 1. The van der Waals surface area contributed by atoms with Gasteiger partial charge in [0.05, 0.1) is 0 Å². The maximum Gasteiger partial charge on any atom is 0.120 e. The van der Waals surface area contributed by atoms with Crippen LogP contribution in [0, 0.1) is 41.4 Å². The van der Waals surface area contributed by atoms with Crippen LogP contribution in [0.25, 0.3) is 0 Å². The highest BCUT2D eigenvalue weighted by Gasteiger charge is 2.68. The van der Waals surface area contributed by atoms with Gasteiger partial charge in [-0.1, -0.05) is 55.5 Å². The van der Waals surface area contributed by atoms with E-state index in [1.807, 2.05) is 0 Å². The van der Waals surface area contributed by atoms with Crippen LogP contribution in [0.2, 0.25) is 0 Å². The normalized spacial score (nSPS) is 43.9. The first-order valence-corrected chi connectivity index (χ1v) is 12.2. The minimum atomic E-state index is 0.0896. The van der Waals surface area contributed by atoms with E-state index in [1.165, 1.54) is 37.7 Å². The van der Waals surface area contributed by atoms with Gasteiger partial charge in [0.15, 0.2) is 0 Å². The Morgan fingerprint density at radius 1 is 1.04 bits per heavy atom. The van der Waals surface area contributed by atoms with Gasteiger partial charge in [0.2, 0.25) is 0 Å². The molecule has 5 rings (SSSR count). The van der Waals surface area contributed by atoms with Crippen LogP contribution < -0.4 is 4.74 Å². The third-order valence-electron chi connectivity index (χ3n) is 8.71. The van der Waals surface area contributed by atoms with Crippen LogP contribution in [-0.4, -0.2) is 5.60 Å². The first kappa shape index (κ1) is 17.8. The fourth-order valence-corrected chi connectivity index (χ4v) is 8.14. The summed E-state index contributed by atoms with van der Waals surface area (Å²) >= 11 is 2.55. The highest BCUT2D eigenvalue weighted by molar-refractivity contribution is 14.1. The van der Waals surface area contributed by atoms with Gasteiger partial charge in [-0.05, 0) is 91.7 Å². The van der Waals surface area contributed by atoms with Gasteiger partial charge in [0, 0.05) is 9.84 Å². The second kappa shape index (κ2) is 6.39. The molecular formula is C24H33IO. The first-order valence-electron chi connectivity index (χ1n) is 11.0. The summed E-state index contributed by atoms with van der Waals surface area (Å²) in [6.45, 7) is 7.08. The Kier molecular flexibility index (Phi) is 4.38. The zero-order chi connectivity index (χ0) is 18.1. The highest BCUT2D eigenvalue weighted by Crippen LogP contribution is 2.71. The zero-order valence-electron chi connectivity index (χ0n) is 16.5. The lowest BCUT2D eigenvalue weighted by molar-refractivity contribution is -0.0750. The molecule has 4 fully saturated rings. The molecule has 26 heavy (non-hydrogen) atoms. The number of halogens is 1. The molecule has 0 spiro atoms. The van der Waals surface area contributed by atoms with Crippen LogP contribution in [0.1, 0.15) is 68.8 Å². The molecule has 8 atom stereocenters. The lowest BCUT2D eigenvalue weighted by Gasteiger charge is -2.48. The topological polar surface area (TPSA) is 9.23 Å². The molecule has 8 unspecified atom stereocenters. The van der Waals surface area contributed by atoms with E-state index >= 15 is 0 Å². The number of ether oxygens (including phenoxy) is 1. The minimum absolute atomic E-state index is 0.0896. The molecule has 4 saturated carbocycles. The fraction of sp³-hybridized carbons (Fsp3) is 0.750. The van der Waals surface area contributed by atoms with Gasteiger partial charge in [0.25, 0.3) is 0 Å². The van der Waals surface area contributed by atoms with E-state index < -0.39 is 0 Å². The quantitative estimate of drug-likeness (QED) is 0.258. The Morgan fingerprint density at radius 3 is 2.38 bits per heavy atom. The Bertz CT molecular complexity index is 667. The number of hydrogen-bond acceptors (Lipinski definition) is 1. The van der Waals surface area contributed by atoms with Crippen molar-refractivity contribution in [3.05, 3.63) is 29.8 Å². The van der Waals surface area contributed by atoms with Crippen molar-refractivity contribution < 1.29 is 4.74 Å². The summed E-state index contributed by atoms with van der Waals surface area (Å²) in [6, 6.07) is 9.06. The third-order valence-corrected chi connectivity index (χ3v) is 10.3. The molecule has 0 aromatic heterocycles. The van der Waals surface area contributed by atoms with Crippen molar-refractivity contribution >= 4 is 22.6 Å². The Hall–Kier alpha value is -0.250. The van der Waals surface area contributed by atoms with Crippen LogP contribution in [0.5, 0.6) is 5.75 Å². The molecule has 142 valence electrons. The lowest BCUT2D eigenvalue weighted by atomic mass is 9.63. The van der Waals surface area contributed by atoms with Gasteiger partial charge in [-0.3, -0.25) is 0 Å². The summed E-state index contributed by atoms with van der Waals surface area (Å²) < 4.78 is 7.55. The van der Waals surface area contributed by atoms with Crippen molar-refractivity contribution in [2.45, 2.75) is 68.8 Å². The van der Waals surface area contributed by atoms with Crippen LogP contribution in [0.15, 0.2) is 24.3 Å². The molecule has 0 heterocycles. The van der Waals surface area contributed by atoms with Gasteiger partial charge in [-0.15, -0.1) is 0 Å². The van der Waals surface area contributed by atoms with Gasteiger partial charge in [-0.25, -0.2) is 0 Å². The van der Waals surface area contributed by atoms with Crippen LogP contribution >= 0.6 is 22.6 Å². The van der Waals surface area contributed by atoms with Crippen molar-refractivity contribution in [3.63, 3.8) is 0 Å². The molecule has 0 saturated heterocycles. The highest BCUT2D eigenvalue weighted by atomic mass is 127. The van der Waals surface area contributed by atoms with Gasteiger partial charge < -0.3 is 4.74 Å². The summed E-state index contributed by atoms with van der Waals surface area (Å²) in [6.07, 6.45) is 8.52. The maximum atomic E-state index is 6.94. The first-order chi connectivity index (χ1) is 12.5. The Balaban J connectivity index is 1.41. The molecule has 2 heteroatoms. The van der Waals surface area contributed by atoms with Crippen LogP contribution in [0.4, 0.5) is 0 Å². The van der Waals surface area contributed by atoms with Crippen molar-refractivity contribution in [1.29, 1.82) is 0 Å². The predicted octanol–water partition coefficient (Wildman–Crippen LogP) is 7.05. The van der Waals surface area contributed by atoms with E-state index in [9.17, 15) is 0 Å². The summed E-state index contributed by atoms with van der Waals surface area (Å²) in [5.74, 6) is 7.59. The summed E-state index contributed by atoms with van der Waals surface area (Å²) in [7, 11) is 0. The third kappa shape index (κ3) is 2.46. The van der Waals surface area contributed by atoms with Crippen LogP contribution in [-0.2, 0) is 0 Å². The molecule has 0 N–H and O–H groups in total. The summed E-state index contributed by atoms with van der Waals surface area (Å²) in [5, 5.41) is 0. The van der Waals surface area contributed by atoms with E-state index in [2.05, 4.69) is 67.6 Å². The van der Waals surface area contributed by atoms with Crippen molar-refractivity contribution in [3.8, 4) is 5.75 Å². The van der Waals surface area contributed by atoms with Crippen molar-refractivity contribution in [2.24, 2.45) is 41.4 Å². The summed E-state index contributed by atoms with van der Waals surface area (Å²) in [4.78, 5) is 0. The van der Waals surface area contributed by atoms with E-state index in [0.29, 0.717) is 9.84 Å². The molecule has 4 aliphatic rings. The van der Waals surface area contributed by atoms with Gasteiger partial charge in [-0.2, -0.15) is 0 Å². The smallest absolute Gasteiger partial charge is 0.120 e. The maximum absolute atomic E-state index is 6.94. The number of benzene rings is 1. The SMILES string of the molecule is CCC(I)c1ccc(OC2(C(C)C)CC3CC2C2C4CCC(C4)C32)cc1. The lowest BCUT2D eigenvalue weighted by Crippen LogP contribution is -2.52. The molecule has 4 aliphatic carbocycles. The number of fused-ring (bicyclic) bond motifs is 9. The molecule has 1 aromatic rings. The largest absolute Gasteiger partial charge is 0.487 e. The van der Waals surface area contributed by atoms with E-state index in [1.54, 1.807) is 6.42 Å². The monoisotopic (exact) mass is 464 g/mol. The second-order valence-electron chi connectivity index (χ2n) is 9.95. The van der Waals surface area contributed by atoms with E-state index in [4.69, 9.17) is 4.74 Å². The number of hydrogen-bond donors (Lipinski definition) is 0. The number of rotatable bonds is 5. The average Bonchev–Trinajstić information content (AvgIpc) is 3.40. The minimum Gasteiger partial charge on any atom is -0.487 e. The molecule has 1 aromatic carbocycles. The molecule has 1 nitrogen and oxygen atoms in total. The zero-order valence-corrected chi connectivity index (χ0v) is 18.6. The van der Waals surface area contributed by atoms with Crippen LogP contribution in [0.3, 0.4) is 0 Å².